The molecule has 1 heterocycles. The predicted molar refractivity (Wildman–Crippen MR) is 106 cm³/mol. The standard InChI is InChI=1S/C18H22ClFN6O2/c19-15-7-13(20)4-3-12(15)9-23-18-24-10-16(26(27)28)17(25-18)22-8-11-1-5-14(21)6-2-11/h3-4,7,10-11,14H,1-2,5-6,8-9,21H2,(H2,22,23,24,25)/t11-,14-. The number of aromatic nitrogens is 2. The molecule has 0 saturated heterocycles. The first-order valence-corrected chi connectivity index (χ1v) is 9.49. The van der Waals surface area contributed by atoms with Crippen LogP contribution in [0.2, 0.25) is 5.02 Å². The minimum absolute atomic E-state index is 0.169. The zero-order valence-electron chi connectivity index (χ0n) is 15.2. The van der Waals surface area contributed by atoms with Crippen molar-refractivity contribution >= 4 is 29.1 Å². The summed E-state index contributed by atoms with van der Waals surface area (Å²) in [5.74, 6) is 0.376. The number of nitrogens with two attached hydrogens (primary N) is 1. The molecule has 1 fully saturated rings. The Hall–Kier alpha value is -2.52. The van der Waals surface area contributed by atoms with Crippen LogP contribution >= 0.6 is 11.6 Å². The molecule has 0 spiro atoms. The second-order valence-corrected chi connectivity index (χ2v) is 7.34. The zero-order chi connectivity index (χ0) is 20.1. The van der Waals surface area contributed by atoms with Gasteiger partial charge in [0.15, 0.2) is 0 Å². The Morgan fingerprint density at radius 2 is 2.04 bits per heavy atom. The SMILES string of the molecule is N[C@H]1CC[C@H](CNc2nc(NCc3ccc(F)cc3Cl)ncc2[N+](=O)[O-])CC1. The van der Waals surface area contributed by atoms with Crippen LogP contribution in [0.25, 0.3) is 0 Å². The Morgan fingerprint density at radius 1 is 1.29 bits per heavy atom. The largest absolute Gasteiger partial charge is 0.364 e. The molecule has 28 heavy (non-hydrogen) atoms. The minimum Gasteiger partial charge on any atom is -0.364 e. The number of nitrogens with zero attached hydrogens (tertiary/aromatic N) is 3. The van der Waals surface area contributed by atoms with Crippen LogP contribution in [0.5, 0.6) is 0 Å². The smallest absolute Gasteiger partial charge is 0.329 e. The number of benzene rings is 1. The van der Waals surface area contributed by atoms with Crippen LogP contribution < -0.4 is 16.4 Å². The quantitative estimate of drug-likeness (QED) is 0.471. The Morgan fingerprint density at radius 3 is 2.71 bits per heavy atom. The van der Waals surface area contributed by atoms with Crippen LogP contribution in [-0.4, -0.2) is 27.5 Å². The zero-order valence-corrected chi connectivity index (χ0v) is 16.0. The third-order valence-electron chi connectivity index (χ3n) is 4.87. The molecule has 0 radical (unpaired) electrons. The number of hydrogen-bond acceptors (Lipinski definition) is 7. The van der Waals surface area contributed by atoms with Crippen molar-refractivity contribution in [2.75, 3.05) is 17.2 Å². The third-order valence-corrected chi connectivity index (χ3v) is 5.22. The molecule has 3 rings (SSSR count). The highest BCUT2D eigenvalue weighted by Gasteiger charge is 2.21. The lowest BCUT2D eigenvalue weighted by molar-refractivity contribution is -0.384. The predicted octanol–water partition coefficient (Wildman–Crippen LogP) is 3.72. The van der Waals surface area contributed by atoms with Crippen LogP contribution in [0.15, 0.2) is 24.4 Å². The van der Waals surface area contributed by atoms with Gasteiger partial charge in [0.25, 0.3) is 0 Å². The molecule has 10 heteroatoms. The molecule has 1 aliphatic carbocycles. The van der Waals surface area contributed by atoms with Crippen molar-refractivity contribution in [3.8, 4) is 0 Å². The van der Waals surface area contributed by atoms with E-state index in [-0.39, 0.29) is 35.1 Å². The second-order valence-electron chi connectivity index (χ2n) is 6.94. The summed E-state index contributed by atoms with van der Waals surface area (Å²) in [5, 5.41) is 17.6. The van der Waals surface area contributed by atoms with E-state index in [1.807, 2.05) is 0 Å². The van der Waals surface area contributed by atoms with E-state index in [9.17, 15) is 14.5 Å². The average molecular weight is 409 g/mol. The fraction of sp³-hybridized carbons (Fsp3) is 0.444. The summed E-state index contributed by atoms with van der Waals surface area (Å²) in [6, 6.07) is 4.34. The summed E-state index contributed by atoms with van der Waals surface area (Å²) in [4.78, 5) is 19.0. The van der Waals surface area contributed by atoms with Gasteiger partial charge < -0.3 is 16.4 Å². The van der Waals surface area contributed by atoms with Crippen molar-refractivity contribution in [3.63, 3.8) is 0 Å². The summed E-state index contributed by atoms with van der Waals surface area (Å²) in [6.07, 6.45) is 5.07. The van der Waals surface area contributed by atoms with E-state index >= 15 is 0 Å². The van der Waals surface area contributed by atoms with E-state index < -0.39 is 10.7 Å². The molecule has 2 aromatic rings. The van der Waals surface area contributed by atoms with Gasteiger partial charge in [-0.2, -0.15) is 4.98 Å². The van der Waals surface area contributed by atoms with E-state index in [0.29, 0.717) is 18.0 Å². The fourth-order valence-electron chi connectivity index (χ4n) is 3.20. The molecule has 0 amide bonds. The maximum Gasteiger partial charge on any atom is 0.329 e. The van der Waals surface area contributed by atoms with Gasteiger partial charge in [-0.3, -0.25) is 10.1 Å². The Labute approximate surface area is 166 Å². The monoisotopic (exact) mass is 408 g/mol. The van der Waals surface area contributed by atoms with Crippen molar-refractivity contribution in [2.24, 2.45) is 11.7 Å². The van der Waals surface area contributed by atoms with Crippen LogP contribution in [0.3, 0.4) is 0 Å². The highest BCUT2D eigenvalue weighted by Crippen LogP contribution is 2.27. The van der Waals surface area contributed by atoms with Crippen molar-refractivity contribution in [1.29, 1.82) is 0 Å². The summed E-state index contributed by atoms with van der Waals surface area (Å²) < 4.78 is 13.1. The molecular weight excluding hydrogens is 387 g/mol. The van der Waals surface area contributed by atoms with Crippen LogP contribution in [0.1, 0.15) is 31.2 Å². The fourth-order valence-corrected chi connectivity index (χ4v) is 3.43. The second kappa shape index (κ2) is 9.11. The van der Waals surface area contributed by atoms with Crippen molar-refractivity contribution in [3.05, 3.63) is 50.9 Å². The molecule has 8 nitrogen and oxygen atoms in total. The van der Waals surface area contributed by atoms with E-state index in [2.05, 4.69) is 20.6 Å². The van der Waals surface area contributed by atoms with E-state index in [1.165, 1.54) is 18.3 Å². The Bertz CT molecular complexity index is 845. The molecule has 0 unspecified atom stereocenters. The van der Waals surface area contributed by atoms with Gasteiger partial charge in [-0.05, 0) is 49.3 Å². The van der Waals surface area contributed by atoms with Crippen molar-refractivity contribution in [1.82, 2.24) is 9.97 Å². The first kappa shape index (κ1) is 20.2. The number of nitro groups is 1. The molecule has 1 aliphatic rings. The van der Waals surface area contributed by atoms with Crippen LogP contribution in [0.4, 0.5) is 21.8 Å². The molecule has 1 aromatic carbocycles. The topological polar surface area (TPSA) is 119 Å². The molecule has 1 aromatic heterocycles. The van der Waals surface area contributed by atoms with Gasteiger partial charge in [0, 0.05) is 24.2 Å². The number of anilines is 2. The minimum atomic E-state index is -0.514. The van der Waals surface area contributed by atoms with Gasteiger partial charge in [-0.15, -0.1) is 0 Å². The molecular formula is C18H22ClFN6O2. The Kier molecular flexibility index (Phi) is 6.58. The summed E-state index contributed by atoms with van der Waals surface area (Å²) in [5.41, 5.74) is 6.40. The first-order valence-electron chi connectivity index (χ1n) is 9.11. The number of rotatable bonds is 7. The van der Waals surface area contributed by atoms with Crippen LogP contribution in [-0.2, 0) is 6.54 Å². The van der Waals surface area contributed by atoms with E-state index in [4.69, 9.17) is 17.3 Å². The molecule has 0 bridgehead atoms. The lowest BCUT2D eigenvalue weighted by Crippen LogP contribution is -2.29. The highest BCUT2D eigenvalue weighted by molar-refractivity contribution is 6.31. The third kappa shape index (κ3) is 5.26. The molecule has 1 saturated carbocycles. The number of nitrogens with one attached hydrogen (secondary N) is 2. The van der Waals surface area contributed by atoms with Gasteiger partial charge in [-0.25, -0.2) is 9.37 Å². The molecule has 150 valence electrons. The van der Waals surface area contributed by atoms with Gasteiger partial charge in [0.05, 0.1) is 4.92 Å². The van der Waals surface area contributed by atoms with Crippen molar-refractivity contribution < 1.29 is 9.31 Å². The van der Waals surface area contributed by atoms with Crippen molar-refractivity contribution in [2.45, 2.75) is 38.3 Å². The van der Waals surface area contributed by atoms with Gasteiger partial charge in [0.1, 0.15) is 12.0 Å². The maximum atomic E-state index is 13.1. The van der Waals surface area contributed by atoms with E-state index in [1.54, 1.807) is 6.07 Å². The molecule has 4 N–H and O–H groups in total. The van der Waals surface area contributed by atoms with E-state index in [0.717, 1.165) is 25.7 Å². The van der Waals surface area contributed by atoms with Gasteiger partial charge in [0.2, 0.25) is 11.8 Å². The number of halogens is 2. The highest BCUT2D eigenvalue weighted by atomic mass is 35.5. The lowest BCUT2D eigenvalue weighted by atomic mass is 9.86. The summed E-state index contributed by atoms with van der Waals surface area (Å²) >= 11 is 6.01. The summed E-state index contributed by atoms with van der Waals surface area (Å²) in [7, 11) is 0. The Balaban J connectivity index is 1.67. The maximum absolute atomic E-state index is 13.1. The van der Waals surface area contributed by atoms with Gasteiger partial charge >= 0.3 is 5.69 Å². The average Bonchev–Trinajstić information content (AvgIpc) is 2.67. The molecule has 0 aliphatic heterocycles. The van der Waals surface area contributed by atoms with Gasteiger partial charge in [-0.1, -0.05) is 17.7 Å². The molecule has 0 atom stereocenters. The summed E-state index contributed by atoms with van der Waals surface area (Å²) in [6.45, 7) is 0.852. The lowest BCUT2D eigenvalue weighted by Gasteiger charge is -2.26. The van der Waals surface area contributed by atoms with Crippen LogP contribution in [0, 0.1) is 21.8 Å². The first-order chi connectivity index (χ1) is 13.4. The normalized spacial score (nSPS) is 19.2. The number of hydrogen-bond donors (Lipinski definition) is 3.